The van der Waals surface area contributed by atoms with E-state index in [1.54, 1.807) is 6.26 Å². The minimum atomic E-state index is -0.928. The Morgan fingerprint density at radius 3 is 2.60 bits per heavy atom. The van der Waals surface area contributed by atoms with Crippen LogP contribution in [0.2, 0.25) is 0 Å². The van der Waals surface area contributed by atoms with E-state index in [0.717, 1.165) is 24.8 Å². The predicted octanol–water partition coefficient (Wildman–Crippen LogP) is 2.34. The summed E-state index contributed by atoms with van der Waals surface area (Å²) in [7, 11) is 0. The molecule has 1 saturated heterocycles. The molecule has 6 heteroatoms. The van der Waals surface area contributed by atoms with Crippen LogP contribution in [0.15, 0.2) is 27.6 Å². The third kappa shape index (κ3) is 2.11. The maximum absolute atomic E-state index is 11.6. The first-order chi connectivity index (χ1) is 14.1. The maximum Gasteiger partial charge on any atom is 0.335 e. The smallest absolute Gasteiger partial charge is 0.335 e. The van der Waals surface area contributed by atoms with Gasteiger partial charge in [-0.2, -0.15) is 0 Å². The Morgan fingerprint density at radius 2 is 1.87 bits per heavy atom. The highest BCUT2D eigenvalue weighted by Gasteiger charge is 2.82. The molecule has 30 heavy (non-hydrogen) atoms. The van der Waals surface area contributed by atoms with Crippen molar-refractivity contribution in [1.82, 2.24) is 0 Å². The van der Waals surface area contributed by atoms with Crippen molar-refractivity contribution in [2.24, 2.45) is 22.7 Å². The second-order valence-electron chi connectivity index (χ2n) is 11.3. The van der Waals surface area contributed by atoms with Gasteiger partial charge in [-0.25, -0.2) is 4.79 Å². The number of rotatable bonds is 1. The number of aliphatic hydroxyl groups excluding tert-OH is 2. The summed E-state index contributed by atoms with van der Waals surface area (Å²) in [6.07, 6.45) is 5.50. The van der Waals surface area contributed by atoms with Gasteiger partial charge in [0.1, 0.15) is 5.60 Å². The number of epoxide rings is 1. The Labute approximate surface area is 176 Å². The number of hydrogen-bond donors (Lipinski definition) is 3. The van der Waals surface area contributed by atoms with Crippen LogP contribution in [0.4, 0.5) is 0 Å². The number of fused-ring (bicyclic) bond motifs is 3. The molecule has 10 atom stereocenters. The standard InChI is InChI=1S/C24H32O6/c1-21-7-5-14(25)10-23(21,28)8-6-15-20(21)17(26)11-22(2)16(9-18-24(15,22)30-18)13-3-4-19(27)29-12-13/h3-4,12,14-18,20,25-26,28H,5-11H2,1-2H3. The summed E-state index contributed by atoms with van der Waals surface area (Å²) in [5, 5.41) is 33.4. The monoisotopic (exact) mass is 416 g/mol. The lowest BCUT2D eigenvalue weighted by Gasteiger charge is -2.65. The van der Waals surface area contributed by atoms with E-state index in [2.05, 4.69) is 13.8 Å². The molecule has 1 aromatic heterocycles. The Hall–Kier alpha value is -1.21. The highest BCUT2D eigenvalue weighted by atomic mass is 16.6. The van der Waals surface area contributed by atoms with Crippen molar-refractivity contribution in [2.75, 3.05) is 0 Å². The molecule has 0 aromatic carbocycles. The summed E-state index contributed by atoms with van der Waals surface area (Å²) in [6, 6.07) is 3.34. The number of ether oxygens (including phenoxy) is 1. The fraction of sp³-hybridized carbons (Fsp3) is 0.792. The molecule has 1 spiro atoms. The van der Waals surface area contributed by atoms with Gasteiger partial charge in [0, 0.05) is 23.3 Å². The van der Waals surface area contributed by atoms with E-state index in [1.165, 1.54) is 6.07 Å². The highest BCUT2D eigenvalue weighted by Crippen LogP contribution is 2.78. The van der Waals surface area contributed by atoms with Gasteiger partial charge in [-0.15, -0.1) is 0 Å². The second kappa shape index (κ2) is 5.77. The molecule has 4 saturated carbocycles. The van der Waals surface area contributed by atoms with Crippen LogP contribution in [-0.2, 0) is 4.74 Å². The lowest BCUT2D eigenvalue weighted by molar-refractivity contribution is -0.248. The molecule has 0 radical (unpaired) electrons. The fourth-order valence-electron chi connectivity index (χ4n) is 8.84. The van der Waals surface area contributed by atoms with Gasteiger partial charge < -0.3 is 24.5 Å². The third-order valence-corrected chi connectivity index (χ3v) is 10.3. The zero-order valence-corrected chi connectivity index (χ0v) is 17.7. The maximum atomic E-state index is 11.6. The zero-order chi connectivity index (χ0) is 21.1. The molecular weight excluding hydrogens is 384 g/mol. The van der Waals surface area contributed by atoms with Gasteiger partial charge in [0.25, 0.3) is 0 Å². The summed E-state index contributed by atoms with van der Waals surface area (Å²) in [4.78, 5) is 11.5. The van der Waals surface area contributed by atoms with E-state index < -0.39 is 23.2 Å². The quantitative estimate of drug-likeness (QED) is 0.607. The molecular formula is C24H32O6. The average molecular weight is 417 g/mol. The van der Waals surface area contributed by atoms with Crippen LogP contribution in [-0.4, -0.2) is 44.8 Å². The van der Waals surface area contributed by atoms with Crippen molar-refractivity contribution in [3.63, 3.8) is 0 Å². The zero-order valence-electron chi connectivity index (χ0n) is 17.7. The molecule has 10 unspecified atom stereocenters. The van der Waals surface area contributed by atoms with Crippen LogP contribution < -0.4 is 5.63 Å². The van der Waals surface area contributed by atoms with E-state index in [4.69, 9.17) is 9.15 Å². The second-order valence-corrected chi connectivity index (χ2v) is 11.3. The fourth-order valence-corrected chi connectivity index (χ4v) is 8.84. The van der Waals surface area contributed by atoms with E-state index in [9.17, 15) is 20.1 Å². The van der Waals surface area contributed by atoms with E-state index in [0.29, 0.717) is 25.7 Å². The van der Waals surface area contributed by atoms with Crippen LogP contribution in [0.1, 0.15) is 70.3 Å². The first-order valence-corrected chi connectivity index (χ1v) is 11.5. The molecule has 0 bridgehead atoms. The van der Waals surface area contributed by atoms with Crippen LogP contribution >= 0.6 is 0 Å². The predicted molar refractivity (Wildman–Crippen MR) is 108 cm³/mol. The summed E-state index contributed by atoms with van der Waals surface area (Å²) < 4.78 is 11.7. The van der Waals surface area contributed by atoms with Gasteiger partial charge >= 0.3 is 5.63 Å². The van der Waals surface area contributed by atoms with Gasteiger partial charge in [0.05, 0.1) is 30.2 Å². The lowest BCUT2D eigenvalue weighted by Crippen LogP contribution is -2.68. The molecule has 5 fully saturated rings. The molecule has 164 valence electrons. The molecule has 4 aliphatic carbocycles. The van der Waals surface area contributed by atoms with Crippen molar-refractivity contribution >= 4 is 0 Å². The van der Waals surface area contributed by atoms with Gasteiger partial charge in [0.15, 0.2) is 0 Å². The third-order valence-electron chi connectivity index (χ3n) is 10.3. The summed E-state index contributed by atoms with van der Waals surface area (Å²) in [5.41, 5.74) is -1.20. The van der Waals surface area contributed by atoms with E-state index in [-0.39, 0.29) is 40.5 Å². The van der Waals surface area contributed by atoms with Gasteiger partial charge in [-0.1, -0.05) is 13.8 Å². The van der Waals surface area contributed by atoms with Gasteiger partial charge in [-0.3, -0.25) is 0 Å². The SMILES string of the molecule is CC12CCC(O)CC1(O)CCC1C2C(O)CC2(C)C(c3ccc(=O)oc3)CC3OC312. The Bertz CT molecular complexity index is 923. The summed E-state index contributed by atoms with van der Waals surface area (Å²) >= 11 is 0. The van der Waals surface area contributed by atoms with Crippen molar-refractivity contribution in [3.8, 4) is 0 Å². The Morgan fingerprint density at radius 1 is 1.07 bits per heavy atom. The average Bonchev–Trinajstić information content (AvgIpc) is 3.35. The number of aliphatic hydroxyl groups is 3. The summed E-state index contributed by atoms with van der Waals surface area (Å²) in [6.45, 7) is 4.37. The number of hydrogen-bond acceptors (Lipinski definition) is 6. The van der Waals surface area contributed by atoms with Crippen LogP contribution in [0.3, 0.4) is 0 Å². The van der Waals surface area contributed by atoms with Crippen molar-refractivity contribution in [2.45, 2.75) is 94.2 Å². The highest BCUT2D eigenvalue weighted by molar-refractivity contribution is 5.36. The van der Waals surface area contributed by atoms with Gasteiger partial charge in [-0.05, 0) is 67.9 Å². The van der Waals surface area contributed by atoms with Crippen LogP contribution in [0.25, 0.3) is 0 Å². The Balaban J connectivity index is 1.41. The molecule has 0 amide bonds. The first kappa shape index (κ1) is 19.5. The lowest BCUT2D eigenvalue weighted by atomic mass is 9.42. The first-order valence-electron chi connectivity index (χ1n) is 11.5. The van der Waals surface area contributed by atoms with Crippen molar-refractivity contribution < 1.29 is 24.5 Å². The van der Waals surface area contributed by atoms with Crippen molar-refractivity contribution in [3.05, 3.63) is 34.4 Å². The largest absolute Gasteiger partial charge is 0.431 e. The molecule has 1 aromatic rings. The van der Waals surface area contributed by atoms with Gasteiger partial charge in [0.2, 0.25) is 0 Å². The molecule has 6 nitrogen and oxygen atoms in total. The molecule has 5 aliphatic rings. The molecule has 3 N–H and O–H groups in total. The summed E-state index contributed by atoms with van der Waals surface area (Å²) in [5.74, 6) is 0.338. The van der Waals surface area contributed by atoms with E-state index >= 15 is 0 Å². The van der Waals surface area contributed by atoms with E-state index in [1.807, 2.05) is 6.07 Å². The van der Waals surface area contributed by atoms with Crippen molar-refractivity contribution in [1.29, 1.82) is 0 Å². The minimum absolute atomic E-state index is 0.0331. The van der Waals surface area contributed by atoms with Crippen LogP contribution in [0, 0.1) is 22.7 Å². The minimum Gasteiger partial charge on any atom is -0.431 e. The molecule has 1 aliphatic heterocycles. The molecule has 6 rings (SSSR count). The topological polar surface area (TPSA) is 103 Å². The van der Waals surface area contributed by atoms with Crippen LogP contribution in [0.5, 0.6) is 0 Å². The Kier molecular flexibility index (Phi) is 3.75. The molecule has 2 heterocycles. The normalized spacial score (nSPS) is 56.4.